The minimum atomic E-state index is 0.0794. The lowest BCUT2D eigenvalue weighted by molar-refractivity contribution is 0.177. The molecule has 0 radical (unpaired) electrons. The molecule has 8 heteroatoms. The minimum Gasteiger partial charge on any atom is -0.473 e. The van der Waals surface area contributed by atoms with E-state index in [0.29, 0.717) is 17.9 Å². The molecule has 5 rings (SSSR count). The molecule has 0 aliphatic carbocycles. The lowest BCUT2D eigenvalue weighted by Crippen LogP contribution is -2.27. The van der Waals surface area contributed by atoms with Crippen LogP contribution in [0.25, 0.3) is 11.3 Å². The molecule has 1 N–H and O–H groups in total. The molecular weight excluding hydrogens is 468 g/mol. The first-order valence-electron chi connectivity index (χ1n) is 12.3. The molecule has 0 spiro atoms. The molecule has 1 aliphatic heterocycles. The van der Waals surface area contributed by atoms with Gasteiger partial charge in [-0.2, -0.15) is 10.1 Å². The van der Waals surface area contributed by atoms with Crippen LogP contribution in [0.4, 0.5) is 5.95 Å². The van der Waals surface area contributed by atoms with Crippen LogP contribution in [-0.2, 0) is 7.05 Å². The number of aryl methyl sites for hydroxylation is 3. The van der Waals surface area contributed by atoms with Crippen molar-refractivity contribution in [2.24, 2.45) is 7.05 Å². The largest absolute Gasteiger partial charge is 0.473 e. The van der Waals surface area contributed by atoms with Crippen molar-refractivity contribution in [1.82, 2.24) is 24.6 Å². The number of likely N-dealkylation sites (tertiary alicyclic amines) is 1. The third-order valence-electron chi connectivity index (χ3n) is 6.67. The molecule has 2 aromatic carbocycles. The Labute approximate surface area is 217 Å². The predicted octanol–water partition coefficient (Wildman–Crippen LogP) is 5.83. The standard InChI is InChI=1S/C28H32N6OS/c1-19-9-8-10-20(2)27(19)25-15-26(31-28(30-25)32-36-24-16-29-33(4)18-24)35-23-13-14-34(17-23)21(3)22-11-6-5-7-12-22/h5-12,15-16,18,21,23H,13-14,17H2,1-4H3,(H,30,31,32). The van der Waals surface area contributed by atoms with Gasteiger partial charge in [-0.25, -0.2) is 4.98 Å². The maximum atomic E-state index is 6.47. The Morgan fingerprint density at radius 1 is 1.06 bits per heavy atom. The average Bonchev–Trinajstić information content (AvgIpc) is 3.51. The van der Waals surface area contributed by atoms with Gasteiger partial charge in [0.15, 0.2) is 0 Å². The fourth-order valence-corrected chi connectivity index (χ4v) is 5.35. The lowest BCUT2D eigenvalue weighted by Gasteiger charge is -2.24. The molecule has 36 heavy (non-hydrogen) atoms. The van der Waals surface area contributed by atoms with Gasteiger partial charge < -0.3 is 4.74 Å². The number of rotatable bonds is 8. The summed E-state index contributed by atoms with van der Waals surface area (Å²) in [6, 6.07) is 19.3. The Morgan fingerprint density at radius 2 is 1.83 bits per heavy atom. The van der Waals surface area contributed by atoms with Gasteiger partial charge in [0, 0.05) is 44.0 Å². The van der Waals surface area contributed by atoms with Crippen LogP contribution in [0.1, 0.15) is 36.1 Å². The first-order valence-corrected chi connectivity index (χ1v) is 13.1. The molecule has 3 heterocycles. The van der Waals surface area contributed by atoms with Gasteiger partial charge >= 0.3 is 0 Å². The van der Waals surface area contributed by atoms with Crippen molar-refractivity contribution in [2.45, 2.75) is 44.2 Å². The Balaban J connectivity index is 1.37. The number of hydrogen-bond donors (Lipinski definition) is 1. The summed E-state index contributed by atoms with van der Waals surface area (Å²) in [5, 5.41) is 4.23. The number of nitrogens with zero attached hydrogens (tertiary/aromatic N) is 5. The fourth-order valence-electron chi connectivity index (χ4n) is 4.75. The summed E-state index contributed by atoms with van der Waals surface area (Å²) in [4.78, 5) is 13.0. The van der Waals surface area contributed by atoms with Gasteiger partial charge in [0.05, 0.1) is 16.8 Å². The Bertz CT molecular complexity index is 1300. The monoisotopic (exact) mass is 500 g/mol. The van der Waals surface area contributed by atoms with Crippen LogP contribution in [-0.4, -0.2) is 43.8 Å². The molecule has 2 unspecified atom stereocenters. The maximum Gasteiger partial charge on any atom is 0.237 e. The third kappa shape index (κ3) is 5.55. The SMILES string of the molecule is Cc1cccc(C)c1-c1cc(OC2CCN(C(C)c3ccccc3)C2)nc(NSc2cnn(C)c2)n1. The number of ether oxygens (including phenoxy) is 1. The number of aromatic nitrogens is 4. The second-order valence-corrected chi connectivity index (χ2v) is 10.2. The second kappa shape index (κ2) is 10.7. The second-order valence-electron chi connectivity index (χ2n) is 9.35. The van der Waals surface area contributed by atoms with Crippen molar-refractivity contribution in [1.29, 1.82) is 0 Å². The Hall–Kier alpha value is -3.36. The van der Waals surface area contributed by atoms with Crippen LogP contribution in [0.3, 0.4) is 0 Å². The minimum absolute atomic E-state index is 0.0794. The number of anilines is 1. The van der Waals surface area contributed by atoms with E-state index in [1.165, 1.54) is 28.6 Å². The first-order chi connectivity index (χ1) is 17.5. The van der Waals surface area contributed by atoms with Crippen LogP contribution < -0.4 is 9.46 Å². The van der Waals surface area contributed by atoms with Crippen LogP contribution in [0.15, 0.2) is 71.9 Å². The Kier molecular flexibility index (Phi) is 7.25. The molecular formula is C28H32N6OS. The topological polar surface area (TPSA) is 68.1 Å². The van der Waals surface area contributed by atoms with E-state index in [1.54, 1.807) is 4.68 Å². The van der Waals surface area contributed by atoms with Crippen molar-refractivity contribution in [3.8, 4) is 17.1 Å². The van der Waals surface area contributed by atoms with E-state index in [2.05, 4.69) is 84.0 Å². The van der Waals surface area contributed by atoms with Gasteiger partial charge in [-0.1, -0.05) is 48.5 Å². The van der Waals surface area contributed by atoms with E-state index in [4.69, 9.17) is 14.7 Å². The third-order valence-corrected chi connectivity index (χ3v) is 7.41. The van der Waals surface area contributed by atoms with E-state index in [0.717, 1.165) is 35.7 Å². The highest BCUT2D eigenvalue weighted by Crippen LogP contribution is 2.32. The molecule has 4 aromatic rings. The predicted molar refractivity (Wildman–Crippen MR) is 145 cm³/mol. The summed E-state index contributed by atoms with van der Waals surface area (Å²) in [6.45, 7) is 8.35. The van der Waals surface area contributed by atoms with E-state index in [-0.39, 0.29) is 6.10 Å². The highest BCUT2D eigenvalue weighted by molar-refractivity contribution is 8.00. The average molecular weight is 501 g/mol. The highest BCUT2D eigenvalue weighted by atomic mass is 32.2. The molecule has 1 fully saturated rings. The van der Waals surface area contributed by atoms with Gasteiger partial charge in [0.1, 0.15) is 6.10 Å². The van der Waals surface area contributed by atoms with Crippen molar-refractivity contribution in [3.63, 3.8) is 0 Å². The van der Waals surface area contributed by atoms with E-state index in [1.807, 2.05) is 25.5 Å². The highest BCUT2D eigenvalue weighted by Gasteiger charge is 2.28. The first kappa shape index (κ1) is 24.3. The molecule has 1 aliphatic rings. The number of nitrogens with one attached hydrogen (secondary N) is 1. The zero-order chi connectivity index (χ0) is 25.1. The molecule has 186 valence electrons. The number of hydrogen-bond acceptors (Lipinski definition) is 7. The molecule has 2 atom stereocenters. The molecule has 0 bridgehead atoms. The van der Waals surface area contributed by atoms with Gasteiger partial charge in [0.25, 0.3) is 0 Å². The summed E-state index contributed by atoms with van der Waals surface area (Å²) in [5.74, 6) is 1.11. The maximum absolute atomic E-state index is 6.47. The summed E-state index contributed by atoms with van der Waals surface area (Å²) >= 11 is 1.44. The Morgan fingerprint density at radius 3 is 2.56 bits per heavy atom. The quantitative estimate of drug-likeness (QED) is 0.305. The van der Waals surface area contributed by atoms with Crippen LogP contribution in [0.5, 0.6) is 5.88 Å². The molecule has 7 nitrogen and oxygen atoms in total. The lowest BCUT2D eigenvalue weighted by atomic mass is 10.00. The van der Waals surface area contributed by atoms with Crippen LogP contribution in [0.2, 0.25) is 0 Å². The molecule has 0 saturated carbocycles. The summed E-state index contributed by atoms with van der Waals surface area (Å²) in [5.41, 5.74) is 5.65. The molecule has 0 amide bonds. The summed E-state index contributed by atoms with van der Waals surface area (Å²) < 4.78 is 11.5. The van der Waals surface area contributed by atoms with Crippen molar-refractivity contribution in [2.75, 3.05) is 17.8 Å². The van der Waals surface area contributed by atoms with Crippen LogP contribution in [0, 0.1) is 13.8 Å². The zero-order valence-electron chi connectivity index (χ0n) is 21.2. The van der Waals surface area contributed by atoms with Crippen molar-refractivity contribution in [3.05, 3.63) is 83.7 Å². The van der Waals surface area contributed by atoms with Gasteiger partial charge in [0.2, 0.25) is 11.8 Å². The molecule has 2 aromatic heterocycles. The normalized spacial score (nSPS) is 16.7. The van der Waals surface area contributed by atoms with E-state index >= 15 is 0 Å². The fraction of sp³-hybridized carbons (Fsp3) is 0.321. The number of benzene rings is 2. The van der Waals surface area contributed by atoms with E-state index < -0.39 is 0 Å². The van der Waals surface area contributed by atoms with Crippen molar-refractivity contribution >= 4 is 17.9 Å². The van der Waals surface area contributed by atoms with Gasteiger partial charge in [-0.15, -0.1) is 0 Å². The van der Waals surface area contributed by atoms with Crippen molar-refractivity contribution < 1.29 is 4.74 Å². The zero-order valence-corrected chi connectivity index (χ0v) is 22.0. The van der Waals surface area contributed by atoms with Gasteiger partial charge in [-0.3, -0.25) is 14.3 Å². The summed E-state index contributed by atoms with van der Waals surface area (Å²) in [6.07, 6.45) is 4.81. The van der Waals surface area contributed by atoms with Gasteiger partial charge in [-0.05, 0) is 55.8 Å². The molecule has 1 saturated heterocycles. The summed E-state index contributed by atoms with van der Waals surface area (Å²) in [7, 11) is 1.90. The smallest absolute Gasteiger partial charge is 0.237 e. The van der Waals surface area contributed by atoms with E-state index in [9.17, 15) is 0 Å². The van der Waals surface area contributed by atoms with Crippen LogP contribution >= 0.6 is 11.9 Å².